The lowest BCUT2D eigenvalue weighted by Gasteiger charge is -2.15. The van der Waals surface area contributed by atoms with E-state index in [1.165, 1.54) is 24.2 Å². The Hall–Kier alpha value is -1.36. The number of ether oxygens (including phenoxy) is 1. The van der Waals surface area contributed by atoms with Gasteiger partial charge in [0, 0.05) is 25.6 Å². The average Bonchev–Trinajstić information content (AvgIpc) is 2.59. The van der Waals surface area contributed by atoms with Gasteiger partial charge in [-0.3, -0.25) is 4.99 Å². The smallest absolute Gasteiger partial charge is 0.191 e. The van der Waals surface area contributed by atoms with Crippen molar-refractivity contribution in [3.8, 4) is 5.75 Å². The molecule has 5 heteroatoms. The first-order valence-electron chi connectivity index (χ1n) is 8.36. The Morgan fingerprint density at radius 2 is 2.04 bits per heavy atom. The number of benzene rings is 1. The molecule has 130 valence electrons. The van der Waals surface area contributed by atoms with Gasteiger partial charge >= 0.3 is 0 Å². The van der Waals surface area contributed by atoms with Crippen LogP contribution in [-0.2, 0) is 0 Å². The molecule has 4 nitrogen and oxygen atoms in total. The van der Waals surface area contributed by atoms with Gasteiger partial charge in [0.25, 0.3) is 0 Å². The number of nitrogens with zero attached hydrogens (tertiary/aromatic N) is 1. The maximum atomic E-state index is 5.44. The summed E-state index contributed by atoms with van der Waals surface area (Å²) in [7, 11) is 1.72. The first-order valence-corrected chi connectivity index (χ1v) is 9.76. The highest BCUT2D eigenvalue weighted by Crippen LogP contribution is 2.26. The maximum Gasteiger partial charge on any atom is 0.191 e. The summed E-state index contributed by atoms with van der Waals surface area (Å²) in [4.78, 5) is 4.72. The number of para-hydroxylation sites is 1. The van der Waals surface area contributed by atoms with Crippen LogP contribution < -0.4 is 15.4 Å². The third-order valence-electron chi connectivity index (χ3n) is 3.61. The molecule has 0 aliphatic carbocycles. The fraction of sp³-hybridized carbons (Fsp3) is 0.611. The van der Waals surface area contributed by atoms with Crippen LogP contribution in [0, 0.1) is 0 Å². The summed E-state index contributed by atoms with van der Waals surface area (Å²) in [6.45, 7) is 6.85. The number of hydrogen-bond acceptors (Lipinski definition) is 3. The zero-order valence-corrected chi connectivity index (χ0v) is 15.7. The summed E-state index contributed by atoms with van der Waals surface area (Å²) in [6.07, 6.45) is 4.57. The Balaban J connectivity index is 2.54. The molecule has 0 aliphatic rings. The van der Waals surface area contributed by atoms with E-state index in [1.807, 2.05) is 30.0 Å². The normalized spacial score (nSPS) is 12.8. The molecule has 1 atom stereocenters. The Morgan fingerprint density at radius 3 is 2.74 bits per heavy atom. The third kappa shape index (κ3) is 7.64. The number of thioether (sulfide) groups is 1. The number of rotatable bonds is 10. The molecule has 0 amide bonds. The van der Waals surface area contributed by atoms with E-state index in [9.17, 15) is 0 Å². The molecule has 1 aromatic rings. The van der Waals surface area contributed by atoms with Crippen LogP contribution in [0.15, 0.2) is 29.3 Å². The molecule has 0 saturated heterocycles. The minimum atomic E-state index is 0.318. The number of nitrogens with one attached hydrogen (secondary N) is 2. The molecule has 0 fully saturated rings. The van der Waals surface area contributed by atoms with Gasteiger partial charge in [0.05, 0.1) is 7.11 Å². The first-order chi connectivity index (χ1) is 11.2. The summed E-state index contributed by atoms with van der Waals surface area (Å²) < 4.78 is 5.44. The van der Waals surface area contributed by atoms with Crippen LogP contribution in [0.3, 0.4) is 0 Å². The minimum absolute atomic E-state index is 0.318. The molecule has 0 heterocycles. The van der Waals surface area contributed by atoms with E-state index >= 15 is 0 Å². The average molecular weight is 338 g/mol. The van der Waals surface area contributed by atoms with Gasteiger partial charge in [-0.2, -0.15) is 11.8 Å². The highest BCUT2D eigenvalue weighted by Gasteiger charge is 2.10. The van der Waals surface area contributed by atoms with Crippen molar-refractivity contribution in [1.82, 2.24) is 10.6 Å². The van der Waals surface area contributed by atoms with E-state index < -0.39 is 0 Å². The Labute approximate surface area is 145 Å². The summed E-state index contributed by atoms with van der Waals surface area (Å²) in [6, 6.07) is 8.17. The molecule has 1 aromatic carbocycles. The number of methoxy groups -OCH3 is 1. The van der Waals surface area contributed by atoms with Crippen molar-refractivity contribution in [2.24, 2.45) is 4.99 Å². The lowest BCUT2D eigenvalue weighted by molar-refractivity contribution is 0.407. The molecule has 0 spiro atoms. The summed E-state index contributed by atoms with van der Waals surface area (Å²) >= 11 is 1.90. The Kier molecular flexibility index (Phi) is 10.4. The van der Waals surface area contributed by atoms with Crippen molar-refractivity contribution in [2.45, 2.75) is 32.6 Å². The second kappa shape index (κ2) is 12.1. The van der Waals surface area contributed by atoms with Gasteiger partial charge in [0.1, 0.15) is 5.75 Å². The van der Waals surface area contributed by atoms with Crippen LogP contribution in [0.1, 0.15) is 38.2 Å². The van der Waals surface area contributed by atoms with Crippen LogP contribution in [0.25, 0.3) is 0 Å². The fourth-order valence-corrected chi connectivity index (χ4v) is 2.81. The van der Waals surface area contributed by atoms with E-state index in [1.54, 1.807) is 7.11 Å². The van der Waals surface area contributed by atoms with Crippen molar-refractivity contribution < 1.29 is 4.74 Å². The van der Waals surface area contributed by atoms with Crippen molar-refractivity contribution in [3.05, 3.63) is 29.8 Å². The quantitative estimate of drug-likeness (QED) is 0.390. The summed E-state index contributed by atoms with van der Waals surface area (Å²) in [5, 5.41) is 6.72. The van der Waals surface area contributed by atoms with Crippen LogP contribution in [0.5, 0.6) is 5.75 Å². The molecular formula is C18H31N3OS. The molecular weight excluding hydrogens is 306 g/mol. The molecule has 23 heavy (non-hydrogen) atoms. The molecule has 0 radical (unpaired) electrons. The van der Waals surface area contributed by atoms with Gasteiger partial charge in [-0.05, 0) is 43.4 Å². The fourth-order valence-electron chi connectivity index (χ4n) is 2.32. The number of hydrogen-bond donors (Lipinski definition) is 2. The van der Waals surface area contributed by atoms with Gasteiger partial charge in [-0.25, -0.2) is 0 Å². The van der Waals surface area contributed by atoms with Gasteiger partial charge in [0.15, 0.2) is 5.96 Å². The molecule has 0 bridgehead atoms. The van der Waals surface area contributed by atoms with E-state index in [4.69, 9.17) is 9.73 Å². The monoisotopic (exact) mass is 337 g/mol. The van der Waals surface area contributed by atoms with Gasteiger partial charge in [-0.1, -0.05) is 25.1 Å². The molecule has 0 aliphatic heterocycles. The largest absolute Gasteiger partial charge is 0.496 e. The predicted molar refractivity (Wildman–Crippen MR) is 103 cm³/mol. The summed E-state index contributed by atoms with van der Waals surface area (Å²) in [5.74, 6) is 3.38. The second-order valence-corrected chi connectivity index (χ2v) is 6.47. The molecule has 0 saturated carbocycles. The van der Waals surface area contributed by atoms with Gasteiger partial charge in [-0.15, -0.1) is 0 Å². The molecule has 1 unspecified atom stereocenters. The van der Waals surface area contributed by atoms with Crippen molar-refractivity contribution in [1.29, 1.82) is 0 Å². The Bertz CT molecular complexity index is 465. The molecule has 2 N–H and O–H groups in total. The van der Waals surface area contributed by atoms with Crippen molar-refractivity contribution in [2.75, 3.05) is 38.8 Å². The van der Waals surface area contributed by atoms with Crippen LogP contribution in [0.4, 0.5) is 0 Å². The van der Waals surface area contributed by atoms with E-state index in [-0.39, 0.29) is 0 Å². The zero-order valence-electron chi connectivity index (χ0n) is 14.9. The van der Waals surface area contributed by atoms with E-state index in [0.717, 1.165) is 31.3 Å². The standard InChI is InChI=1S/C18H31N3OS/c1-5-19-18(20-12-8-9-13-23-4)21-14-15(2)16-10-6-7-11-17(16)22-3/h6-7,10-11,15H,5,8-9,12-14H2,1-4H3,(H2,19,20,21). The van der Waals surface area contributed by atoms with Crippen LogP contribution >= 0.6 is 11.8 Å². The highest BCUT2D eigenvalue weighted by atomic mass is 32.2. The second-order valence-electron chi connectivity index (χ2n) is 5.49. The Morgan fingerprint density at radius 1 is 1.26 bits per heavy atom. The lowest BCUT2D eigenvalue weighted by atomic mass is 10.0. The van der Waals surface area contributed by atoms with Crippen molar-refractivity contribution >= 4 is 17.7 Å². The third-order valence-corrected chi connectivity index (χ3v) is 4.30. The molecule has 1 rings (SSSR count). The molecule has 0 aromatic heterocycles. The van der Waals surface area contributed by atoms with E-state index in [0.29, 0.717) is 5.92 Å². The van der Waals surface area contributed by atoms with Crippen molar-refractivity contribution in [3.63, 3.8) is 0 Å². The topological polar surface area (TPSA) is 45.7 Å². The lowest BCUT2D eigenvalue weighted by Crippen LogP contribution is -2.38. The summed E-state index contributed by atoms with van der Waals surface area (Å²) in [5.41, 5.74) is 1.20. The zero-order chi connectivity index (χ0) is 16.9. The highest BCUT2D eigenvalue weighted by molar-refractivity contribution is 7.98. The number of guanidine groups is 1. The predicted octanol–water partition coefficient (Wildman–Crippen LogP) is 3.50. The van der Waals surface area contributed by atoms with E-state index in [2.05, 4.69) is 36.8 Å². The first kappa shape index (κ1) is 19.7. The van der Waals surface area contributed by atoms with Gasteiger partial charge in [0.2, 0.25) is 0 Å². The maximum absolute atomic E-state index is 5.44. The van der Waals surface area contributed by atoms with Gasteiger partial charge < -0.3 is 15.4 Å². The number of aliphatic imine (C=N–C) groups is 1. The number of unbranched alkanes of at least 4 members (excludes halogenated alkanes) is 1. The minimum Gasteiger partial charge on any atom is -0.496 e. The van der Waals surface area contributed by atoms with Crippen LogP contribution in [0.2, 0.25) is 0 Å². The van der Waals surface area contributed by atoms with Crippen LogP contribution in [-0.4, -0.2) is 44.7 Å². The SMILES string of the molecule is CCNC(=NCC(C)c1ccccc1OC)NCCCCSC.